The van der Waals surface area contributed by atoms with E-state index >= 15 is 4.39 Å². The molecule has 0 spiro atoms. The van der Waals surface area contributed by atoms with Crippen molar-refractivity contribution >= 4 is 23.3 Å². The van der Waals surface area contributed by atoms with E-state index in [9.17, 15) is 9.59 Å². The van der Waals surface area contributed by atoms with Gasteiger partial charge in [0.2, 0.25) is 5.91 Å². The summed E-state index contributed by atoms with van der Waals surface area (Å²) in [6.45, 7) is 2.21. The molecule has 3 N–H and O–H groups in total. The summed E-state index contributed by atoms with van der Waals surface area (Å²) in [5, 5.41) is 3.16. The van der Waals surface area contributed by atoms with Crippen LogP contribution in [0.2, 0.25) is 5.02 Å². The number of amides is 1. The average Bonchev–Trinajstić information content (AvgIpc) is 2.60. The van der Waals surface area contributed by atoms with Crippen molar-refractivity contribution in [2.24, 2.45) is 5.73 Å². The molecule has 2 aromatic rings. The SMILES string of the molecule is CC[C@@H](NCCC(N)=O)c1ccc(Cl)c(C(=O)c2ccccc2)c1F.[HH]. The Balaban J connectivity index is 0.00000338. The Hall–Kier alpha value is -2.24. The van der Waals surface area contributed by atoms with Crippen molar-refractivity contribution in [2.75, 3.05) is 6.54 Å². The van der Waals surface area contributed by atoms with Crippen LogP contribution in [0.3, 0.4) is 0 Å². The molecule has 2 aromatic carbocycles. The Labute approximate surface area is 152 Å². The van der Waals surface area contributed by atoms with Crippen LogP contribution in [0.4, 0.5) is 4.39 Å². The molecule has 0 aromatic heterocycles. The number of nitrogens with one attached hydrogen (secondary N) is 1. The lowest BCUT2D eigenvalue weighted by molar-refractivity contribution is -0.117. The van der Waals surface area contributed by atoms with Crippen molar-refractivity contribution in [1.82, 2.24) is 5.32 Å². The minimum atomic E-state index is -0.639. The van der Waals surface area contributed by atoms with Gasteiger partial charge in [-0.05, 0) is 12.5 Å². The fourth-order valence-electron chi connectivity index (χ4n) is 2.62. The number of rotatable bonds is 8. The summed E-state index contributed by atoms with van der Waals surface area (Å²) in [5.74, 6) is -1.53. The molecule has 0 aliphatic carbocycles. The van der Waals surface area contributed by atoms with Crippen molar-refractivity contribution in [3.63, 3.8) is 0 Å². The summed E-state index contributed by atoms with van der Waals surface area (Å²) in [6.07, 6.45) is 0.734. The molecule has 2 rings (SSSR count). The van der Waals surface area contributed by atoms with Gasteiger partial charge in [0.05, 0.1) is 10.6 Å². The van der Waals surface area contributed by atoms with Crippen LogP contribution in [0.5, 0.6) is 0 Å². The van der Waals surface area contributed by atoms with E-state index in [0.717, 1.165) is 0 Å². The molecule has 1 amide bonds. The zero-order valence-corrected chi connectivity index (χ0v) is 14.6. The first kappa shape index (κ1) is 19.1. The van der Waals surface area contributed by atoms with Gasteiger partial charge in [-0.2, -0.15) is 0 Å². The number of nitrogens with two attached hydrogens (primary N) is 1. The number of benzene rings is 2. The normalized spacial score (nSPS) is 12.0. The highest BCUT2D eigenvalue weighted by molar-refractivity contribution is 6.35. The lowest BCUT2D eigenvalue weighted by Crippen LogP contribution is -2.27. The zero-order valence-electron chi connectivity index (χ0n) is 13.9. The van der Waals surface area contributed by atoms with Gasteiger partial charge in [0, 0.05) is 31.6 Å². The predicted molar refractivity (Wildman–Crippen MR) is 98.2 cm³/mol. The second-order valence-corrected chi connectivity index (χ2v) is 6.06. The smallest absolute Gasteiger partial charge is 0.218 e. The number of ketones is 1. The molecule has 0 saturated heterocycles. The molecule has 0 heterocycles. The number of halogens is 2. The number of carbonyl (C=O) groups is 2. The minimum Gasteiger partial charge on any atom is -0.370 e. The first-order valence-corrected chi connectivity index (χ1v) is 8.42. The molecule has 0 fully saturated rings. The number of hydrogen-bond donors (Lipinski definition) is 2. The van der Waals surface area contributed by atoms with Gasteiger partial charge >= 0.3 is 0 Å². The van der Waals surface area contributed by atoms with E-state index in [0.29, 0.717) is 24.1 Å². The van der Waals surface area contributed by atoms with Crippen LogP contribution in [0.25, 0.3) is 0 Å². The van der Waals surface area contributed by atoms with E-state index in [-0.39, 0.29) is 24.5 Å². The molecular weight excluding hydrogens is 343 g/mol. The maximum Gasteiger partial charge on any atom is 0.218 e. The highest BCUT2D eigenvalue weighted by Crippen LogP contribution is 2.29. The topological polar surface area (TPSA) is 72.2 Å². The molecular formula is C19H22ClFN2O2. The van der Waals surface area contributed by atoms with Gasteiger partial charge in [-0.25, -0.2) is 4.39 Å². The second-order valence-electron chi connectivity index (χ2n) is 5.65. The van der Waals surface area contributed by atoms with Gasteiger partial charge in [0.1, 0.15) is 5.82 Å². The number of carbonyl (C=O) groups excluding carboxylic acids is 2. The van der Waals surface area contributed by atoms with Crippen LogP contribution in [-0.4, -0.2) is 18.2 Å². The quantitative estimate of drug-likeness (QED) is 0.698. The van der Waals surface area contributed by atoms with E-state index < -0.39 is 17.5 Å². The van der Waals surface area contributed by atoms with Crippen molar-refractivity contribution < 1.29 is 15.4 Å². The van der Waals surface area contributed by atoms with Crippen molar-refractivity contribution in [3.05, 3.63) is 70.0 Å². The van der Waals surface area contributed by atoms with Crippen LogP contribution < -0.4 is 11.1 Å². The van der Waals surface area contributed by atoms with Gasteiger partial charge in [0.15, 0.2) is 5.78 Å². The molecule has 0 aliphatic heterocycles. The lowest BCUT2D eigenvalue weighted by Gasteiger charge is -2.19. The number of primary amides is 1. The van der Waals surface area contributed by atoms with Crippen molar-refractivity contribution in [1.29, 1.82) is 0 Å². The third-order valence-corrected chi connectivity index (χ3v) is 4.24. The zero-order chi connectivity index (χ0) is 18.4. The first-order valence-electron chi connectivity index (χ1n) is 8.05. The van der Waals surface area contributed by atoms with Crippen LogP contribution in [0.1, 0.15) is 48.7 Å². The molecule has 0 radical (unpaired) electrons. The summed E-state index contributed by atoms with van der Waals surface area (Å²) in [7, 11) is 0. The molecule has 134 valence electrons. The summed E-state index contributed by atoms with van der Waals surface area (Å²) in [4.78, 5) is 23.5. The Morgan fingerprint density at radius 3 is 2.52 bits per heavy atom. The largest absolute Gasteiger partial charge is 0.370 e. The predicted octanol–water partition coefficient (Wildman–Crippen LogP) is 3.87. The van der Waals surface area contributed by atoms with Crippen LogP contribution >= 0.6 is 11.6 Å². The average molecular weight is 365 g/mol. The van der Waals surface area contributed by atoms with Gasteiger partial charge in [-0.3, -0.25) is 9.59 Å². The monoisotopic (exact) mass is 364 g/mol. The fourth-order valence-corrected chi connectivity index (χ4v) is 2.86. The molecule has 0 aliphatic rings. The summed E-state index contributed by atoms with van der Waals surface area (Å²) >= 11 is 6.10. The highest BCUT2D eigenvalue weighted by Gasteiger charge is 2.23. The maximum atomic E-state index is 15.1. The second kappa shape index (κ2) is 8.74. The minimum absolute atomic E-state index is 0. The van der Waals surface area contributed by atoms with E-state index in [4.69, 9.17) is 17.3 Å². The number of hydrogen-bond acceptors (Lipinski definition) is 3. The Bertz CT molecular complexity index is 772. The van der Waals surface area contributed by atoms with E-state index in [2.05, 4.69) is 5.32 Å². The van der Waals surface area contributed by atoms with Crippen LogP contribution in [0.15, 0.2) is 42.5 Å². The van der Waals surface area contributed by atoms with Gasteiger partial charge in [-0.15, -0.1) is 0 Å². The van der Waals surface area contributed by atoms with Crippen LogP contribution in [-0.2, 0) is 4.79 Å². The molecule has 0 saturated carbocycles. The Morgan fingerprint density at radius 1 is 1.24 bits per heavy atom. The molecule has 1 atom stereocenters. The first-order chi connectivity index (χ1) is 12.0. The van der Waals surface area contributed by atoms with Crippen LogP contribution in [0, 0.1) is 5.82 Å². The molecule has 4 nitrogen and oxygen atoms in total. The van der Waals surface area contributed by atoms with E-state index in [1.807, 2.05) is 6.92 Å². The molecule has 0 unspecified atom stereocenters. The van der Waals surface area contributed by atoms with Crippen molar-refractivity contribution in [2.45, 2.75) is 25.8 Å². The maximum absolute atomic E-state index is 15.1. The molecule has 25 heavy (non-hydrogen) atoms. The molecule has 0 bridgehead atoms. The van der Waals surface area contributed by atoms with Gasteiger partial charge < -0.3 is 11.1 Å². The summed E-state index contributed by atoms with van der Waals surface area (Å²) in [6, 6.07) is 11.2. The fraction of sp³-hybridized carbons (Fsp3) is 0.263. The molecule has 6 heteroatoms. The summed E-state index contributed by atoms with van der Waals surface area (Å²) < 4.78 is 15.1. The standard InChI is InChI=1S/C19H20ClFN2O2.H2/c1-2-15(23-11-10-16(22)24)13-8-9-14(20)17(18(13)21)19(25)12-6-4-3-5-7-12;/h3-9,15,23H,2,10-11H2,1H3,(H2,22,24);1H/t15-;/m1./s1. The third kappa shape index (κ3) is 4.65. The van der Waals surface area contributed by atoms with Gasteiger partial charge in [0.25, 0.3) is 0 Å². The van der Waals surface area contributed by atoms with Crippen molar-refractivity contribution in [3.8, 4) is 0 Å². The Morgan fingerprint density at radius 2 is 1.92 bits per heavy atom. The highest BCUT2D eigenvalue weighted by atomic mass is 35.5. The van der Waals surface area contributed by atoms with E-state index in [1.54, 1.807) is 36.4 Å². The lowest BCUT2D eigenvalue weighted by atomic mass is 9.96. The van der Waals surface area contributed by atoms with E-state index in [1.165, 1.54) is 6.07 Å². The summed E-state index contributed by atoms with van der Waals surface area (Å²) in [5.41, 5.74) is 5.70. The van der Waals surface area contributed by atoms with Gasteiger partial charge in [-0.1, -0.05) is 54.9 Å². The Kier molecular flexibility index (Phi) is 6.67. The third-order valence-electron chi connectivity index (χ3n) is 3.93.